The maximum Gasteiger partial charge on any atom is 0.337 e. The highest BCUT2D eigenvalue weighted by molar-refractivity contribution is 5.90. The fourth-order valence-electron chi connectivity index (χ4n) is 3.26. The lowest BCUT2D eigenvalue weighted by Gasteiger charge is -2.22. The van der Waals surface area contributed by atoms with Gasteiger partial charge in [-0.05, 0) is 49.2 Å². The summed E-state index contributed by atoms with van der Waals surface area (Å²) in [5.74, 6) is 5.72. The number of ether oxygens (including phenoxy) is 1. The Labute approximate surface area is 165 Å². The van der Waals surface area contributed by atoms with E-state index in [9.17, 15) is 9.59 Å². The van der Waals surface area contributed by atoms with Gasteiger partial charge in [-0.15, -0.1) is 0 Å². The first-order chi connectivity index (χ1) is 13.6. The molecule has 0 heterocycles. The molecule has 1 aliphatic rings. The maximum atomic E-state index is 12.2. The summed E-state index contributed by atoms with van der Waals surface area (Å²) in [6.07, 6.45) is 5.69. The Morgan fingerprint density at radius 2 is 1.64 bits per heavy atom. The highest BCUT2D eigenvalue weighted by Gasteiger charge is 2.15. The minimum Gasteiger partial charge on any atom is -0.465 e. The second-order valence-corrected chi connectivity index (χ2v) is 6.84. The average molecular weight is 376 g/mol. The predicted molar refractivity (Wildman–Crippen MR) is 109 cm³/mol. The number of nitrogens with one attached hydrogen (secondary N) is 2. The van der Waals surface area contributed by atoms with Gasteiger partial charge >= 0.3 is 12.0 Å². The molecule has 0 spiro atoms. The molecular weight excluding hydrogens is 352 g/mol. The Morgan fingerprint density at radius 1 is 0.964 bits per heavy atom. The van der Waals surface area contributed by atoms with Gasteiger partial charge in [0.15, 0.2) is 0 Å². The number of methoxy groups -OCH3 is 1. The number of anilines is 1. The van der Waals surface area contributed by atoms with E-state index in [0.717, 1.165) is 24.0 Å². The number of hydrogen-bond acceptors (Lipinski definition) is 3. The second-order valence-electron chi connectivity index (χ2n) is 6.84. The number of hydrogen-bond donors (Lipinski definition) is 2. The number of urea groups is 1. The van der Waals surface area contributed by atoms with Gasteiger partial charge in [0.05, 0.1) is 12.7 Å². The largest absolute Gasteiger partial charge is 0.465 e. The molecule has 5 heteroatoms. The fraction of sp³-hybridized carbons (Fsp3) is 0.304. The molecule has 144 valence electrons. The number of esters is 1. The molecule has 0 radical (unpaired) electrons. The Kier molecular flexibility index (Phi) is 6.69. The van der Waals surface area contributed by atoms with Gasteiger partial charge in [-0.2, -0.15) is 0 Å². The van der Waals surface area contributed by atoms with Gasteiger partial charge in [0, 0.05) is 22.9 Å². The Morgan fingerprint density at radius 3 is 2.36 bits per heavy atom. The third-order valence-electron chi connectivity index (χ3n) is 4.70. The van der Waals surface area contributed by atoms with Crippen LogP contribution in [0.4, 0.5) is 10.5 Å². The molecule has 2 aromatic rings. The lowest BCUT2D eigenvalue weighted by atomic mass is 9.96. The molecule has 0 atom stereocenters. The van der Waals surface area contributed by atoms with Crippen molar-refractivity contribution in [3.63, 3.8) is 0 Å². The molecule has 0 aromatic heterocycles. The zero-order valence-corrected chi connectivity index (χ0v) is 16.0. The Balaban J connectivity index is 1.64. The van der Waals surface area contributed by atoms with Gasteiger partial charge in [0.25, 0.3) is 0 Å². The Bertz CT molecular complexity index is 905. The van der Waals surface area contributed by atoms with Gasteiger partial charge < -0.3 is 15.4 Å². The molecule has 1 aliphatic carbocycles. The monoisotopic (exact) mass is 376 g/mol. The fourth-order valence-corrected chi connectivity index (χ4v) is 3.26. The zero-order chi connectivity index (χ0) is 19.8. The van der Waals surface area contributed by atoms with E-state index in [1.54, 1.807) is 18.2 Å². The molecule has 1 fully saturated rings. The van der Waals surface area contributed by atoms with E-state index in [2.05, 4.69) is 22.5 Å². The van der Waals surface area contributed by atoms with Crippen LogP contribution in [0.1, 0.15) is 53.6 Å². The number of carbonyl (C=O) groups is 2. The van der Waals surface area contributed by atoms with Crippen LogP contribution in [0.2, 0.25) is 0 Å². The van der Waals surface area contributed by atoms with E-state index >= 15 is 0 Å². The number of benzene rings is 2. The molecule has 3 rings (SSSR count). The molecular formula is C23H24N2O3. The van der Waals surface area contributed by atoms with Crippen molar-refractivity contribution in [2.24, 2.45) is 0 Å². The van der Waals surface area contributed by atoms with Crippen molar-refractivity contribution < 1.29 is 14.3 Å². The summed E-state index contributed by atoms with van der Waals surface area (Å²) in [6, 6.07) is 14.5. The molecule has 2 N–H and O–H groups in total. The van der Waals surface area contributed by atoms with Crippen LogP contribution >= 0.6 is 0 Å². The van der Waals surface area contributed by atoms with Crippen LogP contribution in [-0.2, 0) is 4.74 Å². The first kappa shape index (κ1) is 19.5. The zero-order valence-electron chi connectivity index (χ0n) is 16.0. The lowest BCUT2D eigenvalue weighted by Crippen LogP contribution is -2.39. The van der Waals surface area contributed by atoms with Gasteiger partial charge in [-0.25, -0.2) is 9.59 Å². The quantitative estimate of drug-likeness (QED) is 0.619. The summed E-state index contributed by atoms with van der Waals surface area (Å²) in [5.41, 5.74) is 2.66. The van der Waals surface area contributed by atoms with Crippen LogP contribution < -0.4 is 10.6 Å². The maximum absolute atomic E-state index is 12.2. The van der Waals surface area contributed by atoms with Crippen LogP contribution in [0.3, 0.4) is 0 Å². The molecule has 2 amide bonds. The van der Waals surface area contributed by atoms with Crippen molar-refractivity contribution in [2.75, 3.05) is 12.4 Å². The summed E-state index contributed by atoms with van der Waals surface area (Å²) in [6.45, 7) is 0. The first-order valence-electron chi connectivity index (χ1n) is 9.52. The van der Waals surface area contributed by atoms with Crippen LogP contribution in [0.25, 0.3) is 0 Å². The van der Waals surface area contributed by atoms with Crippen molar-refractivity contribution in [3.05, 3.63) is 65.2 Å². The molecule has 0 unspecified atom stereocenters. The van der Waals surface area contributed by atoms with E-state index in [1.807, 2.05) is 30.3 Å². The van der Waals surface area contributed by atoms with Crippen molar-refractivity contribution in [1.82, 2.24) is 5.32 Å². The van der Waals surface area contributed by atoms with Gasteiger partial charge in [0.2, 0.25) is 0 Å². The lowest BCUT2D eigenvalue weighted by molar-refractivity contribution is 0.0600. The SMILES string of the molecule is COC(=O)c1cccc(C#Cc2cccc(NC(=O)NC3CCCCC3)c2)c1. The minimum absolute atomic E-state index is 0.178. The minimum atomic E-state index is -0.390. The normalized spacial score (nSPS) is 13.8. The molecule has 0 aliphatic heterocycles. The van der Waals surface area contributed by atoms with Crippen LogP contribution in [0, 0.1) is 11.8 Å². The van der Waals surface area contributed by atoms with Crippen LogP contribution in [0.5, 0.6) is 0 Å². The first-order valence-corrected chi connectivity index (χ1v) is 9.52. The van der Waals surface area contributed by atoms with Gasteiger partial charge in [-0.1, -0.05) is 43.2 Å². The molecule has 0 bridgehead atoms. The van der Waals surface area contributed by atoms with Crippen LogP contribution in [0.15, 0.2) is 48.5 Å². The third-order valence-corrected chi connectivity index (χ3v) is 4.70. The summed E-state index contributed by atoms with van der Waals surface area (Å²) < 4.78 is 4.73. The van der Waals surface area contributed by atoms with Crippen molar-refractivity contribution in [3.8, 4) is 11.8 Å². The average Bonchev–Trinajstić information content (AvgIpc) is 2.73. The number of amides is 2. The summed E-state index contributed by atoms with van der Waals surface area (Å²) in [5, 5.41) is 5.92. The van der Waals surface area contributed by atoms with E-state index < -0.39 is 0 Å². The standard InChI is InChI=1S/C23H24N2O3/c1-28-22(26)19-9-5-7-17(15-19)13-14-18-8-6-12-21(16-18)25-23(27)24-20-10-3-2-4-11-20/h5-9,12,15-16,20H,2-4,10-11H2,1H3,(H2,24,25,27). The smallest absolute Gasteiger partial charge is 0.337 e. The molecule has 0 saturated heterocycles. The van der Waals surface area contributed by atoms with Crippen LogP contribution in [-0.4, -0.2) is 25.2 Å². The van der Waals surface area contributed by atoms with Crippen molar-refractivity contribution in [2.45, 2.75) is 38.1 Å². The van der Waals surface area contributed by atoms with E-state index in [-0.39, 0.29) is 18.0 Å². The second kappa shape index (κ2) is 9.61. The molecule has 2 aromatic carbocycles. The summed E-state index contributed by atoms with van der Waals surface area (Å²) in [7, 11) is 1.35. The number of carbonyl (C=O) groups excluding carboxylic acids is 2. The third kappa shape index (κ3) is 5.62. The Hall–Kier alpha value is -3.26. The molecule has 28 heavy (non-hydrogen) atoms. The van der Waals surface area contributed by atoms with E-state index in [0.29, 0.717) is 11.3 Å². The molecule has 5 nitrogen and oxygen atoms in total. The molecule has 1 saturated carbocycles. The predicted octanol–water partition coefficient (Wildman–Crippen LogP) is 4.33. The van der Waals surface area contributed by atoms with Crippen molar-refractivity contribution in [1.29, 1.82) is 0 Å². The number of rotatable bonds is 3. The van der Waals surface area contributed by atoms with Gasteiger partial charge in [-0.3, -0.25) is 0 Å². The summed E-state index contributed by atoms with van der Waals surface area (Å²) >= 11 is 0. The summed E-state index contributed by atoms with van der Waals surface area (Å²) in [4.78, 5) is 23.8. The highest BCUT2D eigenvalue weighted by atomic mass is 16.5. The van der Waals surface area contributed by atoms with E-state index in [4.69, 9.17) is 4.74 Å². The van der Waals surface area contributed by atoms with E-state index in [1.165, 1.54) is 26.4 Å². The highest BCUT2D eigenvalue weighted by Crippen LogP contribution is 2.18. The van der Waals surface area contributed by atoms with Gasteiger partial charge in [0.1, 0.15) is 0 Å². The topological polar surface area (TPSA) is 67.4 Å². The van der Waals surface area contributed by atoms with Crippen molar-refractivity contribution >= 4 is 17.7 Å².